The molecule has 1 rings (SSSR count). The van der Waals surface area contributed by atoms with Crippen molar-refractivity contribution in [2.24, 2.45) is 5.73 Å². The highest BCUT2D eigenvalue weighted by molar-refractivity contribution is 4.90. The molecule has 1 heterocycles. The molecule has 0 aromatic carbocycles. The van der Waals surface area contributed by atoms with Gasteiger partial charge in [0.1, 0.15) is 0 Å². The molecular weight excluding hydrogens is 230 g/mol. The van der Waals surface area contributed by atoms with Gasteiger partial charge in [-0.3, -0.25) is 4.90 Å². The van der Waals surface area contributed by atoms with Gasteiger partial charge >= 0.3 is 0 Å². The molecule has 0 spiro atoms. The molecule has 5 heteroatoms. The Morgan fingerprint density at radius 2 is 1.83 bits per heavy atom. The lowest BCUT2D eigenvalue weighted by atomic mass is 9.94. The fourth-order valence-corrected chi connectivity index (χ4v) is 2.55. The van der Waals surface area contributed by atoms with Gasteiger partial charge in [-0.2, -0.15) is 0 Å². The van der Waals surface area contributed by atoms with E-state index < -0.39 is 0 Å². The van der Waals surface area contributed by atoms with Crippen LogP contribution < -0.4 is 5.73 Å². The smallest absolute Gasteiger partial charge is 0.158 e. The van der Waals surface area contributed by atoms with Crippen LogP contribution in [0.4, 0.5) is 0 Å². The minimum atomic E-state index is -0.181. The molecule has 0 aliphatic carbocycles. The summed E-state index contributed by atoms with van der Waals surface area (Å²) in [6, 6.07) is 0. The average molecular weight is 259 g/mol. The third kappa shape index (κ3) is 4.17. The van der Waals surface area contributed by atoms with Crippen molar-refractivity contribution in [1.29, 1.82) is 0 Å². The summed E-state index contributed by atoms with van der Waals surface area (Å²) in [5, 5.41) is 0. The SMILES string of the molecule is COC(CC(C)(CN)N1CCCN(C)CC1)OC. The zero-order valence-corrected chi connectivity index (χ0v) is 12.3. The van der Waals surface area contributed by atoms with Gasteiger partial charge in [-0.25, -0.2) is 0 Å². The molecule has 0 saturated carbocycles. The standard InChI is InChI=1S/C13H29N3O2/c1-13(11-14,10-12(17-3)18-4)16-7-5-6-15(2)8-9-16/h12H,5-11,14H2,1-4H3. The first-order valence-corrected chi connectivity index (χ1v) is 6.75. The second-order valence-electron chi connectivity index (χ2n) is 5.45. The highest BCUT2D eigenvalue weighted by Gasteiger charge is 2.34. The summed E-state index contributed by atoms with van der Waals surface area (Å²) in [6.07, 6.45) is 1.82. The van der Waals surface area contributed by atoms with Crippen LogP contribution in [0, 0.1) is 0 Å². The van der Waals surface area contributed by atoms with E-state index in [4.69, 9.17) is 15.2 Å². The third-order valence-corrected chi connectivity index (χ3v) is 4.05. The Labute approximate surface area is 111 Å². The Morgan fingerprint density at radius 3 is 2.39 bits per heavy atom. The summed E-state index contributed by atoms with van der Waals surface area (Å²) in [6.45, 7) is 7.25. The van der Waals surface area contributed by atoms with Gasteiger partial charge in [-0.05, 0) is 26.9 Å². The Hall–Kier alpha value is -0.200. The van der Waals surface area contributed by atoms with Crippen molar-refractivity contribution in [3.05, 3.63) is 0 Å². The van der Waals surface area contributed by atoms with Crippen LogP contribution in [0.5, 0.6) is 0 Å². The minimum absolute atomic E-state index is 0.0537. The van der Waals surface area contributed by atoms with Crippen molar-refractivity contribution in [1.82, 2.24) is 9.80 Å². The van der Waals surface area contributed by atoms with Gasteiger partial charge in [0.05, 0.1) is 0 Å². The van der Waals surface area contributed by atoms with Crippen LogP contribution in [0.2, 0.25) is 0 Å². The number of ether oxygens (including phenoxy) is 2. The van der Waals surface area contributed by atoms with Crippen molar-refractivity contribution < 1.29 is 9.47 Å². The first-order valence-electron chi connectivity index (χ1n) is 6.75. The molecule has 0 bridgehead atoms. The zero-order chi connectivity index (χ0) is 13.6. The maximum Gasteiger partial charge on any atom is 0.158 e. The number of nitrogens with zero attached hydrogens (tertiary/aromatic N) is 2. The minimum Gasteiger partial charge on any atom is -0.356 e. The second kappa shape index (κ2) is 7.40. The number of hydrogen-bond acceptors (Lipinski definition) is 5. The van der Waals surface area contributed by atoms with E-state index in [1.54, 1.807) is 14.2 Å². The van der Waals surface area contributed by atoms with Gasteiger partial charge in [0.25, 0.3) is 0 Å². The molecule has 5 nitrogen and oxygen atoms in total. The van der Waals surface area contributed by atoms with E-state index in [2.05, 4.69) is 23.8 Å². The van der Waals surface area contributed by atoms with Gasteiger partial charge in [0.15, 0.2) is 6.29 Å². The predicted molar refractivity (Wildman–Crippen MR) is 73.6 cm³/mol. The normalized spacial score (nSPS) is 23.0. The number of likely N-dealkylation sites (N-methyl/N-ethyl adjacent to an activating group) is 1. The van der Waals surface area contributed by atoms with E-state index in [-0.39, 0.29) is 11.8 Å². The monoisotopic (exact) mass is 259 g/mol. The molecule has 1 saturated heterocycles. The van der Waals surface area contributed by atoms with Gasteiger partial charge in [0, 0.05) is 52.4 Å². The van der Waals surface area contributed by atoms with E-state index in [1.807, 2.05) is 0 Å². The number of rotatable bonds is 6. The fourth-order valence-electron chi connectivity index (χ4n) is 2.55. The number of nitrogens with two attached hydrogens (primary N) is 1. The molecular formula is C13H29N3O2. The molecule has 1 fully saturated rings. The van der Waals surface area contributed by atoms with Gasteiger partial charge in [-0.1, -0.05) is 0 Å². The first kappa shape index (κ1) is 15.9. The van der Waals surface area contributed by atoms with Crippen LogP contribution in [0.1, 0.15) is 19.8 Å². The van der Waals surface area contributed by atoms with E-state index >= 15 is 0 Å². The number of methoxy groups -OCH3 is 2. The molecule has 2 N–H and O–H groups in total. The Morgan fingerprint density at radius 1 is 1.17 bits per heavy atom. The first-order chi connectivity index (χ1) is 8.55. The van der Waals surface area contributed by atoms with Crippen LogP contribution in [-0.4, -0.2) is 75.6 Å². The van der Waals surface area contributed by atoms with E-state index in [9.17, 15) is 0 Å². The summed E-state index contributed by atoms with van der Waals surface area (Å²) in [5.74, 6) is 0. The summed E-state index contributed by atoms with van der Waals surface area (Å²) in [7, 11) is 5.54. The Bertz CT molecular complexity index is 236. The average Bonchev–Trinajstić information content (AvgIpc) is 2.61. The van der Waals surface area contributed by atoms with Crippen LogP contribution in [0.15, 0.2) is 0 Å². The van der Waals surface area contributed by atoms with E-state index in [0.717, 1.165) is 32.6 Å². The lowest BCUT2D eigenvalue weighted by molar-refractivity contribution is -0.128. The summed E-state index contributed by atoms with van der Waals surface area (Å²) < 4.78 is 10.7. The van der Waals surface area contributed by atoms with Gasteiger partial charge in [-0.15, -0.1) is 0 Å². The highest BCUT2D eigenvalue weighted by atomic mass is 16.7. The predicted octanol–water partition coefficient (Wildman–Crippen LogP) is 0.350. The topological polar surface area (TPSA) is 51.0 Å². The molecule has 1 aliphatic heterocycles. The molecule has 0 radical (unpaired) electrons. The maximum absolute atomic E-state index is 6.01. The van der Waals surface area contributed by atoms with Crippen molar-refractivity contribution in [2.45, 2.75) is 31.6 Å². The molecule has 0 aromatic heterocycles. The third-order valence-electron chi connectivity index (χ3n) is 4.05. The Balaban J connectivity index is 2.66. The summed E-state index contributed by atoms with van der Waals surface area (Å²) in [5.41, 5.74) is 5.96. The Kier molecular flexibility index (Phi) is 6.52. The molecule has 0 amide bonds. The summed E-state index contributed by atoms with van der Waals surface area (Å²) in [4.78, 5) is 4.86. The van der Waals surface area contributed by atoms with Crippen molar-refractivity contribution in [2.75, 3.05) is 54.0 Å². The summed E-state index contributed by atoms with van der Waals surface area (Å²) >= 11 is 0. The quantitative estimate of drug-likeness (QED) is 0.698. The number of hydrogen-bond donors (Lipinski definition) is 1. The second-order valence-corrected chi connectivity index (χ2v) is 5.45. The van der Waals surface area contributed by atoms with Crippen LogP contribution >= 0.6 is 0 Å². The van der Waals surface area contributed by atoms with Crippen molar-refractivity contribution in [3.63, 3.8) is 0 Å². The maximum atomic E-state index is 6.01. The van der Waals surface area contributed by atoms with Crippen molar-refractivity contribution >= 4 is 0 Å². The van der Waals surface area contributed by atoms with E-state index in [0.29, 0.717) is 6.54 Å². The van der Waals surface area contributed by atoms with Gasteiger partial charge in [0.2, 0.25) is 0 Å². The van der Waals surface area contributed by atoms with Gasteiger partial charge < -0.3 is 20.1 Å². The largest absolute Gasteiger partial charge is 0.356 e. The molecule has 0 aromatic rings. The van der Waals surface area contributed by atoms with Crippen LogP contribution in [0.25, 0.3) is 0 Å². The molecule has 1 unspecified atom stereocenters. The lowest BCUT2D eigenvalue weighted by Gasteiger charge is -2.41. The van der Waals surface area contributed by atoms with E-state index in [1.165, 1.54) is 6.42 Å². The highest BCUT2D eigenvalue weighted by Crippen LogP contribution is 2.23. The lowest BCUT2D eigenvalue weighted by Crippen LogP contribution is -2.54. The molecule has 108 valence electrons. The van der Waals surface area contributed by atoms with Crippen LogP contribution in [-0.2, 0) is 9.47 Å². The zero-order valence-electron chi connectivity index (χ0n) is 12.3. The fraction of sp³-hybridized carbons (Fsp3) is 1.00. The van der Waals surface area contributed by atoms with Crippen LogP contribution in [0.3, 0.4) is 0 Å². The molecule has 1 atom stereocenters. The van der Waals surface area contributed by atoms with Crippen molar-refractivity contribution in [3.8, 4) is 0 Å². The molecule has 18 heavy (non-hydrogen) atoms. The molecule has 1 aliphatic rings.